The molecule has 8 heteroatoms. The third kappa shape index (κ3) is 5.31. The molecule has 312 valence electrons. The van der Waals surface area contributed by atoms with Crippen LogP contribution in [0.5, 0.6) is 0 Å². The Labute approximate surface area is 384 Å². The average Bonchev–Trinajstić information content (AvgIpc) is 4.13. The standard InChI is InChI=1S/C58H39N5OSSi/c1-3-39-40-23-11-16-30-49(40)63(56(39)59-4-2)50-31-17-26-43-44-33-35-60-57(53(44)64-52(43)50)66(37-19-7-5-8-20-37,38-21-9-6-10-22-38)58-55-46(34-36-61-58)45-27-18-32-51(54(45)65-55)62-47-28-14-12-24-41(47)42-25-13-15-29-48(42)62/h3-36H,1H2,2H3. The van der Waals surface area contributed by atoms with E-state index in [0.717, 1.165) is 70.9 Å². The zero-order chi connectivity index (χ0) is 43.9. The van der Waals surface area contributed by atoms with Gasteiger partial charge in [-0.3, -0.25) is 14.5 Å². The molecule has 0 amide bonds. The molecule has 13 rings (SSSR count). The molecule has 0 saturated carbocycles. The lowest BCUT2D eigenvalue weighted by Gasteiger charge is -2.32. The molecule has 6 nitrogen and oxygen atoms in total. The van der Waals surface area contributed by atoms with Crippen LogP contribution in [0.3, 0.4) is 0 Å². The predicted octanol–water partition coefficient (Wildman–Crippen LogP) is 12.5. The molecule has 0 fully saturated rings. The maximum absolute atomic E-state index is 7.43. The summed E-state index contributed by atoms with van der Waals surface area (Å²) in [7, 11) is -3.45. The molecular formula is C58H39N5OSSi. The maximum Gasteiger partial charge on any atom is 0.230 e. The molecule has 66 heavy (non-hydrogen) atoms. The van der Waals surface area contributed by atoms with Gasteiger partial charge in [-0.05, 0) is 59.8 Å². The van der Waals surface area contributed by atoms with E-state index < -0.39 is 8.07 Å². The quantitative estimate of drug-likeness (QED) is 0.113. The lowest BCUT2D eigenvalue weighted by atomic mass is 10.1. The van der Waals surface area contributed by atoms with Crippen LogP contribution in [0.25, 0.3) is 92.3 Å². The van der Waals surface area contributed by atoms with Crippen molar-refractivity contribution in [2.45, 2.75) is 6.92 Å². The molecular weight excluding hydrogens is 843 g/mol. The summed E-state index contributed by atoms with van der Waals surface area (Å²) in [4.78, 5) is 16.0. The Bertz CT molecular complexity index is 4010. The van der Waals surface area contributed by atoms with E-state index >= 15 is 0 Å². The van der Waals surface area contributed by atoms with Crippen molar-refractivity contribution in [3.63, 3.8) is 0 Å². The summed E-state index contributed by atoms with van der Waals surface area (Å²) in [5.74, 6) is 0.804. The van der Waals surface area contributed by atoms with Crippen LogP contribution in [0.4, 0.5) is 5.82 Å². The molecule has 13 aromatic rings. The van der Waals surface area contributed by atoms with Crippen LogP contribution in [0.1, 0.15) is 12.5 Å². The highest BCUT2D eigenvalue weighted by molar-refractivity contribution is 7.31. The number of furan rings is 1. The van der Waals surface area contributed by atoms with Gasteiger partial charge in [0.25, 0.3) is 0 Å². The summed E-state index contributed by atoms with van der Waals surface area (Å²) >= 11 is 1.83. The SMILES string of the molecule is C=Cc1c(N=CC)n(-c2cccc3c2oc2c([Si](c4ccccc4)(c4ccccc4)c4nccc5c4sc4c(-n6c7ccccc7c7ccccc76)cccc45)nccc23)c2ccccc12. The molecule has 0 radical (unpaired) electrons. The Hall–Kier alpha value is -8.17. The van der Waals surface area contributed by atoms with Gasteiger partial charge in [-0.15, -0.1) is 11.3 Å². The molecule has 0 N–H and O–H groups in total. The number of hydrogen-bond donors (Lipinski definition) is 0. The molecule has 6 heterocycles. The van der Waals surface area contributed by atoms with E-state index in [0.29, 0.717) is 0 Å². The van der Waals surface area contributed by atoms with Gasteiger partial charge in [0.05, 0.1) is 48.0 Å². The molecule has 0 bridgehead atoms. The van der Waals surface area contributed by atoms with Crippen LogP contribution >= 0.6 is 11.3 Å². The fraction of sp³-hybridized carbons (Fsp3) is 0.0172. The van der Waals surface area contributed by atoms with Crippen molar-refractivity contribution in [3.05, 3.63) is 207 Å². The van der Waals surface area contributed by atoms with Gasteiger partial charge in [0.2, 0.25) is 8.07 Å². The number of nitrogens with zero attached hydrogens (tertiary/aromatic N) is 5. The second kappa shape index (κ2) is 15.0. The fourth-order valence-corrected chi connectivity index (χ4v) is 17.0. The summed E-state index contributed by atoms with van der Waals surface area (Å²) in [6, 6.07) is 65.1. The van der Waals surface area contributed by atoms with Crippen LogP contribution in [0, 0.1) is 0 Å². The molecule has 0 aliphatic carbocycles. The van der Waals surface area contributed by atoms with Crippen molar-refractivity contribution >= 4 is 133 Å². The highest BCUT2D eigenvalue weighted by atomic mass is 32.1. The van der Waals surface area contributed by atoms with E-state index in [1.165, 1.54) is 47.7 Å². The monoisotopic (exact) mass is 881 g/mol. The highest BCUT2D eigenvalue weighted by Crippen LogP contribution is 2.43. The summed E-state index contributed by atoms with van der Waals surface area (Å²) < 4.78 is 14.4. The van der Waals surface area contributed by atoms with Crippen LogP contribution in [-0.2, 0) is 0 Å². The number of aromatic nitrogens is 4. The smallest absolute Gasteiger partial charge is 0.230 e. The minimum absolute atomic E-state index is 0.756. The first kappa shape index (κ1) is 38.3. The van der Waals surface area contributed by atoms with E-state index in [-0.39, 0.29) is 0 Å². The number of thiophene rings is 1. The number of benzene rings is 7. The number of pyridine rings is 2. The zero-order valence-corrected chi connectivity index (χ0v) is 37.7. The number of para-hydroxylation sites is 4. The first-order valence-electron chi connectivity index (χ1n) is 22.2. The normalized spacial score (nSPS) is 12.3. The molecule has 0 atom stereocenters. The third-order valence-corrected chi connectivity index (χ3v) is 19.3. The van der Waals surface area contributed by atoms with Gasteiger partial charge >= 0.3 is 0 Å². The summed E-state index contributed by atoms with van der Waals surface area (Å²) in [6.45, 7) is 6.16. The van der Waals surface area contributed by atoms with E-state index in [2.05, 4.69) is 198 Å². The van der Waals surface area contributed by atoms with Gasteiger partial charge in [-0.1, -0.05) is 152 Å². The number of rotatable bonds is 8. The Morgan fingerprint density at radius 3 is 1.67 bits per heavy atom. The van der Waals surface area contributed by atoms with Crippen LogP contribution in [-0.4, -0.2) is 33.4 Å². The molecule has 7 aromatic carbocycles. The Morgan fingerprint density at radius 1 is 0.500 bits per heavy atom. The molecule has 0 spiro atoms. The van der Waals surface area contributed by atoms with Gasteiger partial charge in [-0.25, -0.2) is 4.99 Å². The molecule has 6 aromatic heterocycles. The molecule has 0 saturated heterocycles. The second-order valence-corrected chi connectivity index (χ2v) is 21.2. The van der Waals surface area contributed by atoms with Gasteiger partial charge in [-0.2, -0.15) is 0 Å². The van der Waals surface area contributed by atoms with E-state index in [1.54, 1.807) is 0 Å². The maximum atomic E-state index is 7.43. The largest absolute Gasteiger partial charge is 0.452 e. The Balaban J connectivity index is 1.15. The number of fused-ring (bicyclic) bond motifs is 10. The zero-order valence-electron chi connectivity index (χ0n) is 35.9. The first-order chi connectivity index (χ1) is 32.7. The van der Waals surface area contributed by atoms with E-state index in [4.69, 9.17) is 19.4 Å². The molecule has 0 aliphatic rings. The summed E-state index contributed by atoms with van der Waals surface area (Å²) in [5, 5.41) is 12.2. The minimum Gasteiger partial charge on any atom is -0.452 e. The fourth-order valence-electron chi connectivity index (χ4n) is 10.6. The molecule has 0 aliphatic heterocycles. The number of aliphatic imine (C=N–C) groups is 1. The topological polar surface area (TPSA) is 61.1 Å². The minimum atomic E-state index is -3.45. The summed E-state index contributed by atoms with van der Waals surface area (Å²) in [5.41, 5.74) is 7.93. The van der Waals surface area contributed by atoms with Crippen LogP contribution in [0.15, 0.2) is 210 Å². The van der Waals surface area contributed by atoms with Crippen molar-refractivity contribution in [1.82, 2.24) is 19.1 Å². The van der Waals surface area contributed by atoms with Crippen molar-refractivity contribution in [3.8, 4) is 11.4 Å². The van der Waals surface area contributed by atoms with Gasteiger partial charge in [0.1, 0.15) is 5.82 Å². The van der Waals surface area contributed by atoms with Crippen LogP contribution < -0.4 is 21.0 Å². The van der Waals surface area contributed by atoms with E-state index in [1.807, 2.05) is 42.9 Å². The Morgan fingerprint density at radius 2 is 1.02 bits per heavy atom. The highest BCUT2D eigenvalue weighted by Gasteiger charge is 2.48. The van der Waals surface area contributed by atoms with Crippen molar-refractivity contribution in [2.75, 3.05) is 0 Å². The van der Waals surface area contributed by atoms with Gasteiger partial charge < -0.3 is 8.98 Å². The lowest BCUT2D eigenvalue weighted by Crippen LogP contribution is -2.76. The molecule has 0 unspecified atom stereocenters. The third-order valence-electron chi connectivity index (χ3n) is 13.3. The Kier molecular flexibility index (Phi) is 8.68. The van der Waals surface area contributed by atoms with Crippen molar-refractivity contribution in [1.29, 1.82) is 0 Å². The van der Waals surface area contributed by atoms with Crippen LogP contribution in [0.2, 0.25) is 0 Å². The second-order valence-electron chi connectivity index (χ2n) is 16.6. The van der Waals surface area contributed by atoms with E-state index in [9.17, 15) is 0 Å². The van der Waals surface area contributed by atoms with Crippen molar-refractivity contribution in [2.24, 2.45) is 4.99 Å². The van der Waals surface area contributed by atoms with Crippen molar-refractivity contribution < 1.29 is 4.42 Å². The average molecular weight is 882 g/mol. The van der Waals surface area contributed by atoms with Gasteiger partial charge in [0.15, 0.2) is 11.2 Å². The van der Waals surface area contributed by atoms with Gasteiger partial charge in [0, 0.05) is 61.9 Å². The first-order valence-corrected chi connectivity index (χ1v) is 25.0. The predicted molar refractivity (Wildman–Crippen MR) is 281 cm³/mol. The summed E-state index contributed by atoms with van der Waals surface area (Å²) in [6.07, 6.45) is 7.71. The number of hydrogen-bond acceptors (Lipinski definition) is 5. The lowest BCUT2D eigenvalue weighted by molar-refractivity contribution is 0.667.